The molecule has 0 unspecified atom stereocenters. The molecule has 0 saturated heterocycles. The lowest BCUT2D eigenvalue weighted by molar-refractivity contribution is -0.119. The molecule has 3 N–H and O–H groups in total. The summed E-state index contributed by atoms with van der Waals surface area (Å²) in [6, 6.07) is 9.65. The molecule has 162 valence electrons. The summed E-state index contributed by atoms with van der Waals surface area (Å²) in [5.74, 6) is 2.22. The van der Waals surface area contributed by atoms with Gasteiger partial charge in [-0.15, -0.1) is 21.5 Å². The van der Waals surface area contributed by atoms with Crippen molar-refractivity contribution >= 4 is 46.3 Å². The van der Waals surface area contributed by atoms with Gasteiger partial charge in [-0.1, -0.05) is 23.9 Å². The normalized spacial score (nSPS) is 11.9. The van der Waals surface area contributed by atoms with Crippen LogP contribution in [0.1, 0.15) is 12.5 Å². The fraction of sp³-hybridized carbons (Fsp3) is 0.263. The average Bonchev–Trinajstić information content (AvgIpc) is 3.54. The van der Waals surface area contributed by atoms with Crippen LogP contribution in [0.15, 0.2) is 40.9 Å². The molecule has 0 spiro atoms. The molecular formula is C19H20N6O3S3. The van der Waals surface area contributed by atoms with E-state index in [-0.39, 0.29) is 18.5 Å². The fourth-order valence-corrected chi connectivity index (χ4v) is 4.48. The summed E-state index contributed by atoms with van der Waals surface area (Å²) in [5.41, 5.74) is 6.28. The highest BCUT2D eigenvalue weighted by molar-refractivity contribution is 7.99. The van der Waals surface area contributed by atoms with Crippen LogP contribution in [-0.4, -0.2) is 38.3 Å². The Bertz CT molecular complexity index is 1070. The van der Waals surface area contributed by atoms with E-state index >= 15 is 0 Å². The molecule has 1 amide bonds. The molecular weight excluding hydrogens is 456 g/mol. The summed E-state index contributed by atoms with van der Waals surface area (Å²) in [6.07, 6.45) is 0. The van der Waals surface area contributed by atoms with Crippen molar-refractivity contribution in [3.63, 3.8) is 0 Å². The summed E-state index contributed by atoms with van der Waals surface area (Å²) < 4.78 is 12.6. The molecule has 9 nitrogen and oxygen atoms in total. The molecule has 0 fully saturated rings. The maximum absolute atomic E-state index is 12.2. The Kier molecular flexibility index (Phi) is 6.89. The van der Waals surface area contributed by atoms with Gasteiger partial charge in [0.15, 0.2) is 27.6 Å². The molecule has 4 rings (SSSR count). The van der Waals surface area contributed by atoms with Gasteiger partial charge in [0.1, 0.15) is 0 Å². The molecule has 3 heterocycles. The first-order valence-electron chi connectivity index (χ1n) is 9.45. The first-order chi connectivity index (χ1) is 15.1. The third-order valence-electron chi connectivity index (χ3n) is 4.31. The Morgan fingerprint density at radius 1 is 1.26 bits per heavy atom. The van der Waals surface area contributed by atoms with Gasteiger partial charge < -0.3 is 19.4 Å². The van der Waals surface area contributed by atoms with E-state index in [9.17, 15) is 4.79 Å². The summed E-state index contributed by atoms with van der Waals surface area (Å²) in [7, 11) is 0. The highest BCUT2D eigenvalue weighted by Gasteiger charge is 2.16. The maximum Gasteiger partial charge on any atom is 0.248 e. The van der Waals surface area contributed by atoms with E-state index in [4.69, 9.17) is 21.7 Å². The van der Waals surface area contributed by atoms with Crippen molar-refractivity contribution in [2.75, 3.05) is 12.5 Å². The standard InChI is InChI=1S/C19H20N6O3S3/c1-2-25-17(15-4-3-7-30-15)22-24-19(25)31-10-16(26)21-23-18(29)20-9-12-5-6-13-14(8-12)28-11-27-13/h3-8H,2,9-11H2,1H3,(H,21,26)(H2,20,23,29). The Hall–Kier alpha value is -2.83. The summed E-state index contributed by atoms with van der Waals surface area (Å²) in [6.45, 7) is 3.46. The van der Waals surface area contributed by atoms with Crippen molar-refractivity contribution in [3.8, 4) is 22.2 Å². The Morgan fingerprint density at radius 2 is 2.13 bits per heavy atom. The van der Waals surface area contributed by atoms with Crippen LogP contribution in [0, 0.1) is 0 Å². The molecule has 2 aromatic heterocycles. The predicted molar refractivity (Wildman–Crippen MR) is 123 cm³/mol. The van der Waals surface area contributed by atoms with Crippen LogP contribution in [0.4, 0.5) is 0 Å². The third kappa shape index (κ3) is 5.27. The maximum atomic E-state index is 12.2. The number of hydrazine groups is 1. The zero-order chi connectivity index (χ0) is 21.6. The van der Waals surface area contributed by atoms with Gasteiger partial charge in [0.05, 0.1) is 10.6 Å². The number of aromatic nitrogens is 3. The molecule has 0 aliphatic carbocycles. The number of hydrogen-bond donors (Lipinski definition) is 3. The van der Waals surface area contributed by atoms with Crippen molar-refractivity contribution in [1.82, 2.24) is 30.9 Å². The molecule has 0 saturated carbocycles. The lowest BCUT2D eigenvalue weighted by atomic mass is 10.2. The second kappa shape index (κ2) is 9.98. The van der Waals surface area contributed by atoms with Crippen LogP contribution < -0.4 is 25.6 Å². The minimum absolute atomic E-state index is 0.181. The molecule has 0 bridgehead atoms. The Morgan fingerprint density at radius 3 is 2.94 bits per heavy atom. The van der Waals surface area contributed by atoms with Gasteiger partial charge >= 0.3 is 0 Å². The minimum atomic E-state index is -0.222. The Balaban J connectivity index is 1.21. The van der Waals surface area contributed by atoms with E-state index in [2.05, 4.69) is 26.4 Å². The number of rotatable bonds is 7. The first-order valence-corrected chi connectivity index (χ1v) is 11.7. The first kappa shape index (κ1) is 21.4. The SMILES string of the molecule is CCn1c(SCC(=O)NNC(=S)NCc2ccc3c(c2)OCO3)nnc1-c1cccs1. The van der Waals surface area contributed by atoms with E-state index in [1.165, 1.54) is 11.8 Å². The zero-order valence-corrected chi connectivity index (χ0v) is 19.0. The van der Waals surface area contributed by atoms with Crippen molar-refractivity contribution < 1.29 is 14.3 Å². The molecule has 31 heavy (non-hydrogen) atoms. The lowest BCUT2D eigenvalue weighted by Crippen LogP contribution is -2.47. The van der Waals surface area contributed by atoms with Crippen molar-refractivity contribution in [2.24, 2.45) is 0 Å². The van der Waals surface area contributed by atoms with Crippen molar-refractivity contribution in [2.45, 2.75) is 25.2 Å². The number of thioether (sulfide) groups is 1. The Labute approximate surface area is 192 Å². The van der Waals surface area contributed by atoms with Crippen LogP contribution in [0.25, 0.3) is 10.7 Å². The number of hydrogen-bond acceptors (Lipinski definition) is 8. The van der Waals surface area contributed by atoms with Crippen LogP contribution in [0.5, 0.6) is 11.5 Å². The van der Waals surface area contributed by atoms with Gasteiger partial charge in [-0.25, -0.2) is 0 Å². The summed E-state index contributed by atoms with van der Waals surface area (Å²) >= 11 is 8.14. The van der Waals surface area contributed by atoms with E-state index < -0.39 is 0 Å². The molecule has 12 heteroatoms. The predicted octanol–water partition coefficient (Wildman–Crippen LogP) is 2.54. The fourth-order valence-electron chi connectivity index (χ4n) is 2.84. The van der Waals surface area contributed by atoms with Crippen LogP contribution in [-0.2, 0) is 17.9 Å². The van der Waals surface area contributed by atoms with Crippen molar-refractivity contribution in [1.29, 1.82) is 0 Å². The van der Waals surface area contributed by atoms with Gasteiger partial charge in [-0.3, -0.25) is 15.6 Å². The number of amides is 1. The number of carbonyl (C=O) groups excluding carboxylic acids is 1. The van der Waals surface area contributed by atoms with Crippen LogP contribution >= 0.6 is 35.3 Å². The number of thiocarbonyl (C=S) groups is 1. The van der Waals surface area contributed by atoms with Gasteiger partial charge in [0.25, 0.3) is 0 Å². The zero-order valence-electron chi connectivity index (χ0n) is 16.6. The number of carbonyl (C=O) groups is 1. The number of thiophene rings is 1. The number of nitrogens with zero attached hydrogens (tertiary/aromatic N) is 3. The van der Waals surface area contributed by atoms with Gasteiger partial charge in [0.2, 0.25) is 12.7 Å². The highest BCUT2D eigenvalue weighted by atomic mass is 32.2. The molecule has 0 radical (unpaired) electrons. The quantitative estimate of drug-likeness (QED) is 0.270. The minimum Gasteiger partial charge on any atom is -0.454 e. The number of benzene rings is 1. The highest BCUT2D eigenvalue weighted by Crippen LogP contribution is 2.32. The van der Waals surface area contributed by atoms with E-state index in [0.29, 0.717) is 22.6 Å². The van der Waals surface area contributed by atoms with Crippen LogP contribution in [0.3, 0.4) is 0 Å². The summed E-state index contributed by atoms with van der Waals surface area (Å²) in [5, 5.41) is 14.5. The van der Waals surface area contributed by atoms with E-state index in [1.807, 2.05) is 47.2 Å². The number of nitrogens with one attached hydrogen (secondary N) is 3. The molecule has 1 aliphatic rings. The van der Waals surface area contributed by atoms with Gasteiger partial charge in [-0.05, 0) is 48.3 Å². The topological polar surface area (TPSA) is 102 Å². The van der Waals surface area contributed by atoms with E-state index in [0.717, 1.165) is 28.6 Å². The van der Waals surface area contributed by atoms with Crippen LogP contribution in [0.2, 0.25) is 0 Å². The van der Waals surface area contributed by atoms with Gasteiger partial charge in [0, 0.05) is 13.1 Å². The largest absolute Gasteiger partial charge is 0.454 e. The average molecular weight is 477 g/mol. The van der Waals surface area contributed by atoms with E-state index in [1.54, 1.807) is 11.3 Å². The number of ether oxygens (including phenoxy) is 2. The number of fused-ring (bicyclic) bond motifs is 1. The lowest BCUT2D eigenvalue weighted by Gasteiger charge is -2.12. The third-order valence-corrected chi connectivity index (χ3v) is 6.39. The van der Waals surface area contributed by atoms with Gasteiger partial charge in [-0.2, -0.15) is 0 Å². The summed E-state index contributed by atoms with van der Waals surface area (Å²) in [4.78, 5) is 13.2. The molecule has 1 aliphatic heterocycles. The monoisotopic (exact) mass is 476 g/mol. The molecule has 1 aromatic carbocycles. The second-order valence-corrected chi connectivity index (χ2v) is 8.66. The smallest absolute Gasteiger partial charge is 0.248 e. The van der Waals surface area contributed by atoms with Crippen molar-refractivity contribution in [3.05, 3.63) is 41.3 Å². The molecule has 0 atom stereocenters. The second-order valence-electron chi connectivity index (χ2n) is 6.36. The molecule has 3 aromatic rings.